The Hall–Kier alpha value is -2.73. The summed E-state index contributed by atoms with van der Waals surface area (Å²) in [4.78, 5) is 31.7. The molecule has 0 radical (unpaired) electrons. The Balaban J connectivity index is 1.93. The van der Waals surface area contributed by atoms with Gasteiger partial charge in [-0.25, -0.2) is 0 Å². The second kappa shape index (κ2) is 7.88. The number of benzene rings is 1. The van der Waals surface area contributed by atoms with E-state index in [9.17, 15) is 9.59 Å². The van der Waals surface area contributed by atoms with E-state index in [4.69, 9.17) is 5.73 Å². The third kappa shape index (κ3) is 3.85. The van der Waals surface area contributed by atoms with Crippen LogP contribution in [0.4, 0.5) is 0 Å². The lowest BCUT2D eigenvalue weighted by molar-refractivity contribution is -0.132. The molecular weight excluding hydrogens is 340 g/mol. The van der Waals surface area contributed by atoms with Crippen LogP contribution < -0.4 is 11.1 Å². The Bertz CT molecular complexity index is 852. The van der Waals surface area contributed by atoms with E-state index in [1.165, 1.54) is 0 Å². The van der Waals surface area contributed by atoms with Crippen LogP contribution in [0.5, 0.6) is 0 Å². The van der Waals surface area contributed by atoms with Gasteiger partial charge in [0.15, 0.2) is 0 Å². The number of nitrogens with one attached hydrogen (secondary N) is 1. The molecule has 6 nitrogen and oxygen atoms in total. The van der Waals surface area contributed by atoms with Gasteiger partial charge in [0.2, 0.25) is 5.91 Å². The van der Waals surface area contributed by atoms with Crippen LogP contribution in [-0.4, -0.2) is 41.8 Å². The van der Waals surface area contributed by atoms with Crippen LogP contribution in [0, 0.1) is 5.41 Å². The number of hydrogen-bond donors (Lipinski definition) is 2. The quantitative estimate of drug-likeness (QED) is 0.868. The first-order chi connectivity index (χ1) is 13.0. The molecule has 2 heterocycles. The first kappa shape index (κ1) is 19.0. The van der Waals surface area contributed by atoms with E-state index < -0.39 is 5.41 Å². The summed E-state index contributed by atoms with van der Waals surface area (Å²) in [5.41, 5.74) is 8.29. The maximum atomic E-state index is 13.3. The van der Waals surface area contributed by atoms with Gasteiger partial charge in [0.25, 0.3) is 5.91 Å². The molecule has 2 amide bonds. The van der Waals surface area contributed by atoms with Gasteiger partial charge < -0.3 is 16.0 Å². The van der Waals surface area contributed by atoms with Crippen LogP contribution in [0.25, 0.3) is 11.1 Å². The molecule has 3 N–H and O–H groups in total. The molecular formula is C21H26N4O2. The van der Waals surface area contributed by atoms with E-state index in [0.29, 0.717) is 25.3 Å². The van der Waals surface area contributed by atoms with Crippen LogP contribution >= 0.6 is 0 Å². The minimum Gasteiger partial charge on any atom is -0.359 e. The van der Waals surface area contributed by atoms with E-state index in [2.05, 4.69) is 10.3 Å². The molecule has 1 saturated heterocycles. The van der Waals surface area contributed by atoms with Crippen LogP contribution in [-0.2, 0) is 11.3 Å². The number of likely N-dealkylation sites (tertiary alicyclic amines) is 1. The zero-order chi connectivity index (χ0) is 19.4. The standard InChI is InChI=1S/C21H26N4O2/c1-21(20(27)23-2)9-5-11-25(14-21)19(26)18-17(8-4-10-24-18)16-7-3-6-15(12-16)13-22/h3-4,6-8,10,12H,5,9,11,13-14,22H2,1-2H3,(H,23,27). The summed E-state index contributed by atoms with van der Waals surface area (Å²) in [6.07, 6.45) is 3.19. The average molecular weight is 366 g/mol. The van der Waals surface area contributed by atoms with Gasteiger partial charge in [0, 0.05) is 38.4 Å². The summed E-state index contributed by atoms with van der Waals surface area (Å²) in [5.74, 6) is -0.171. The molecule has 6 heteroatoms. The fraction of sp³-hybridized carbons (Fsp3) is 0.381. The average Bonchev–Trinajstić information content (AvgIpc) is 2.72. The second-order valence-electron chi connectivity index (χ2n) is 7.27. The Morgan fingerprint density at radius 2 is 2.11 bits per heavy atom. The molecule has 1 aromatic carbocycles. The monoisotopic (exact) mass is 366 g/mol. The van der Waals surface area contributed by atoms with Crippen molar-refractivity contribution in [1.29, 1.82) is 0 Å². The van der Waals surface area contributed by atoms with Crippen LogP contribution in [0.2, 0.25) is 0 Å². The summed E-state index contributed by atoms with van der Waals surface area (Å²) in [6.45, 7) is 3.37. The maximum absolute atomic E-state index is 13.3. The molecule has 142 valence electrons. The Kier molecular flexibility index (Phi) is 5.56. The number of carbonyl (C=O) groups is 2. The van der Waals surface area contributed by atoms with Gasteiger partial charge in [0.1, 0.15) is 5.69 Å². The maximum Gasteiger partial charge on any atom is 0.273 e. The summed E-state index contributed by atoms with van der Waals surface area (Å²) in [6, 6.07) is 11.6. The molecule has 0 bridgehead atoms. The smallest absolute Gasteiger partial charge is 0.273 e. The Morgan fingerprint density at radius 3 is 2.85 bits per heavy atom. The van der Waals surface area contributed by atoms with E-state index in [1.54, 1.807) is 18.1 Å². The highest BCUT2D eigenvalue weighted by molar-refractivity contribution is 5.99. The van der Waals surface area contributed by atoms with Gasteiger partial charge in [-0.3, -0.25) is 14.6 Å². The number of aromatic nitrogens is 1. The van der Waals surface area contributed by atoms with Gasteiger partial charge in [-0.2, -0.15) is 0 Å². The molecule has 0 spiro atoms. The van der Waals surface area contributed by atoms with Crippen molar-refractivity contribution >= 4 is 11.8 Å². The van der Waals surface area contributed by atoms with Crippen molar-refractivity contribution in [2.75, 3.05) is 20.1 Å². The van der Waals surface area contributed by atoms with Crippen molar-refractivity contribution in [3.8, 4) is 11.1 Å². The number of rotatable bonds is 4. The van der Waals surface area contributed by atoms with Gasteiger partial charge in [0.05, 0.1) is 5.41 Å². The molecule has 0 aliphatic carbocycles. The summed E-state index contributed by atoms with van der Waals surface area (Å²) < 4.78 is 0. The fourth-order valence-electron chi connectivity index (χ4n) is 3.72. The zero-order valence-corrected chi connectivity index (χ0v) is 15.9. The molecule has 1 unspecified atom stereocenters. The topological polar surface area (TPSA) is 88.3 Å². The molecule has 0 saturated carbocycles. The predicted octanol–water partition coefficient (Wildman–Crippen LogP) is 2.20. The van der Waals surface area contributed by atoms with Gasteiger partial charge in [-0.1, -0.05) is 24.3 Å². The SMILES string of the molecule is CNC(=O)C1(C)CCCN(C(=O)c2ncccc2-c2cccc(CN)c2)C1. The lowest BCUT2D eigenvalue weighted by Gasteiger charge is -2.39. The second-order valence-corrected chi connectivity index (χ2v) is 7.27. The van der Waals surface area contributed by atoms with E-state index in [1.807, 2.05) is 43.3 Å². The molecule has 1 aliphatic rings. The van der Waals surface area contributed by atoms with Crippen LogP contribution in [0.15, 0.2) is 42.6 Å². The number of hydrogen-bond acceptors (Lipinski definition) is 4. The first-order valence-corrected chi connectivity index (χ1v) is 9.24. The highest BCUT2D eigenvalue weighted by Crippen LogP contribution is 2.31. The highest BCUT2D eigenvalue weighted by atomic mass is 16.2. The minimum absolute atomic E-state index is 0.0307. The normalized spacial score (nSPS) is 19.6. The van der Waals surface area contributed by atoms with Crippen LogP contribution in [0.1, 0.15) is 35.8 Å². The van der Waals surface area contributed by atoms with E-state index in [-0.39, 0.29) is 11.8 Å². The molecule has 27 heavy (non-hydrogen) atoms. The van der Waals surface area contributed by atoms with Crippen molar-refractivity contribution in [2.24, 2.45) is 11.1 Å². The van der Waals surface area contributed by atoms with Crippen molar-refractivity contribution in [3.05, 3.63) is 53.9 Å². The number of nitrogens with zero attached hydrogens (tertiary/aromatic N) is 2. The van der Waals surface area contributed by atoms with E-state index >= 15 is 0 Å². The summed E-state index contributed by atoms with van der Waals surface area (Å²) in [5, 5.41) is 2.72. The Morgan fingerprint density at radius 1 is 1.30 bits per heavy atom. The summed E-state index contributed by atoms with van der Waals surface area (Å²) >= 11 is 0. The Labute approximate surface area is 159 Å². The third-order valence-corrected chi connectivity index (χ3v) is 5.24. The van der Waals surface area contributed by atoms with Crippen molar-refractivity contribution < 1.29 is 9.59 Å². The first-order valence-electron chi connectivity index (χ1n) is 9.24. The number of carbonyl (C=O) groups excluding carboxylic acids is 2. The fourth-order valence-corrected chi connectivity index (χ4v) is 3.72. The highest BCUT2D eigenvalue weighted by Gasteiger charge is 2.39. The molecule has 3 rings (SSSR count). The third-order valence-electron chi connectivity index (χ3n) is 5.24. The molecule has 2 aromatic rings. The number of pyridine rings is 1. The number of piperidine rings is 1. The van der Waals surface area contributed by atoms with Crippen molar-refractivity contribution in [1.82, 2.24) is 15.2 Å². The lowest BCUT2D eigenvalue weighted by Crippen LogP contribution is -2.51. The zero-order valence-electron chi connectivity index (χ0n) is 15.9. The molecule has 1 fully saturated rings. The number of amides is 2. The van der Waals surface area contributed by atoms with Gasteiger partial charge in [-0.15, -0.1) is 0 Å². The molecule has 1 aliphatic heterocycles. The van der Waals surface area contributed by atoms with Crippen molar-refractivity contribution in [2.45, 2.75) is 26.3 Å². The predicted molar refractivity (Wildman–Crippen MR) is 105 cm³/mol. The van der Waals surface area contributed by atoms with Gasteiger partial charge >= 0.3 is 0 Å². The summed E-state index contributed by atoms with van der Waals surface area (Å²) in [7, 11) is 1.63. The van der Waals surface area contributed by atoms with Crippen molar-refractivity contribution in [3.63, 3.8) is 0 Å². The minimum atomic E-state index is -0.572. The van der Waals surface area contributed by atoms with Crippen LogP contribution in [0.3, 0.4) is 0 Å². The largest absolute Gasteiger partial charge is 0.359 e. The molecule has 1 aromatic heterocycles. The lowest BCUT2D eigenvalue weighted by atomic mass is 9.81. The van der Waals surface area contributed by atoms with Gasteiger partial charge in [-0.05, 0) is 43.0 Å². The number of nitrogens with two attached hydrogens (primary N) is 1. The van der Waals surface area contributed by atoms with E-state index in [0.717, 1.165) is 29.5 Å². The molecule has 1 atom stereocenters.